The molecule has 1 amide bonds. The molecule has 1 saturated heterocycles. The topological polar surface area (TPSA) is 41.1 Å². The molecule has 2 aliphatic heterocycles. The summed E-state index contributed by atoms with van der Waals surface area (Å²) in [5.74, 6) is 0.134. The van der Waals surface area contributed by atoms with Crippen molar-refractivity contribution in [2.24, 2.45) is 0 Å². The van der Waals surface area contributed by atoms with E-state index in [0.717, 1.165) is 6.42 Å². The summed E-state index contributed by atoms with van der Waals surface area (Å²) in [6.07, 6.45) is 7.43. The Kier molecular flexibility index (Phi) is 1.42. The highest BCUT2D eigenvalue weighted by Crippen LogP contribution is 2.16. The van der Waals surface area contributed by atoms with E-state index in [0.29, 0.717) is 6.42 Å². The number of hydrogen-bond donors (Lipinski definition) is 2. The van der Waals surface area contributed by atoms with Gasteiger partial charge in [0.15, 0.2) is 0 Å². The van der Waals surface area contributed by atoms with E-state index < -0.39 is 0 Å². The smallest absolute Gasteiger partial charge is 0.222 e. The lowest BCUT2D eigenvalue weighted by molar-refractivity contribution is -0.122. The molecule has 0 spiro atoms. The van der Waals surface area contributed by atoms with Gasteiger partial charge in [-0.15, -0.1) is 0 Å². The van der Waals surface area contributed by atoms with Crippen molar-refractivity contribution in [1.82, 2.24) is 10.6 Å². The fourth-order valence-electron chi connectivity index (χ4n) is 1.38. The van der Waals surface area contributed by atoms with Crippen LogP contribution in [0, 0.1) is 0 Å². The van der Waals surface area contributed by atoms with Crippen LogP contribution in [0.5, 0.6) is 0 Å². The number of nitrogens with one attached hydrogen (secondary N) is 2. The second kappa shape index (κ2) is 2.42. The van der Waals surface area contributed by atoms with E-state index in [9.17, 15) is 4.79 Å². The van der Waals surface area contributed by atoms with E-state index in [2.05, 4.69) is 16.7 Å². The van der Waals surface area contributed by atoms with Crippen LogP contribution in [0.4, 0.5) is 0 Å². The summed E-state index contributed by atoms with van der Waals surface area (Å²) in [5, 5.41) is 5.92. The molecule has 58 valence electrons. The summed E-state index contributed by atoms with van der Waals surface area (Å²) < 4.78 is 0. The molecule has 0 bridgehead atoms. The third-order valence-electron chi connectivity index (χ3n) is 1.99. The zero-order valence-electron chi connectivity index (χ0n) is 6.13. The zero-order valence-corrected chi connectivity index (χ0v) is 6.13. The summed E-state index contributed by atoms with van der Waals surface area (Å²) in [5.41, 5.74) is 1.27. The number of fused-ring (bicyclic) bond motifs is 1. The minimum Gasteiger partial charge on any atom is -0.368 e. The van der Waals surface area contributed by atoms with Crippen molar-refractivity contribution in [3.63, 3.8) is 0 Å². The molecule has 1 atom stereocenters. The second-order valence-corrected chi connectivity index (χ2v) is 2.77. The Bertz CT molecular complexity index is 242. The number of carbonyl (C=O) groups excluding carboxylic acids is 1. The zero-order chi connectivity index (χ0) is 7.68. The molecule has 2 heterocycles. The standard InChI is InChI=1S/C8H10N2O/c11-7-4-3-6-2-1-5-9-8(6)10-7/h1-2,5,8-9H,3-4H2,(H,10,11). The second-order valence-electron chi connectivity index (χ2n) is 2.77. The molecular weight excluding hydrogens is 140 g/mol. The Morgan fingerprint density at radius 3 is 3.27 bits per heavy atom. The first kappa shape index (κ1) is 6.46. The van der Waals surface area contributed by atoms with Crippen LogP contribution < -0.4 is 10.6 Å². The first-order valence-corrected chi connectivity index (χ1v) is 3.77. The molecule has 3 heteroatoms. The quantitative estimate of drug-likeness (QED) is 0.520. The van der Waals surface area contributed by atoms with Gasteiger partial charge >= 0.3 is 0 Å². The Morgan fingerprint density at radius 1 is 1.45 bits per heavy atom. The van der Waals surface area contributed by atoms with Crippen LogP contribution in [0.15, 0.2) is 23.9 Å². The van der Waals surface area contributed by atoms with Gasteiger partial charge in [0, 0.05) is 6.42 Å². The van der Waals surface area contributed by atoms with Gasteiger partial charge in [0.05, 0.1) is 0 Å². The number of rotatable bonds is 0. The van der Waals surface area contributed by atoms with Gasteiger partial charge in [-0.2, -0.15) is 0 Å². The number of piperidine rings is 1. The summed E-state index contributed by atoms with van der Waals surface area (Å²) in [7, 11) is 0. The molecule has 0 radical (unpaired) electrons. The van der Waals surface area contributed by atoms with Crippen molar-refractivity contribution in [3.8, 4) is 0 Å². The van der Waals surface area contributed by atoms with Gasteiger partial charge < -0.3 is 10.6 Å². The molecule has 11 heavy (non-hydrogen) atoms. The van der Waals surface area contributed by atoms with E-state index in [-0.39, 0.29) is 12.1 Å². The van der Waals surface area contributed by atoms with Gasteiger partial charge in [0.25, 0.3) is 0 Å². The molecule has 1 fully saturated rings. The van der Waals surface area contributed by atoms with E-state index in [4.69, 9.17) is 0 Å². The summed E-state index contributed by atoms with van der Waals surface area (Å²) in [4.78, 5) is 10.9. The molecule has 2 rings (SSSR count). The van der Waals surface area contributed by atoms with Crippen LogP contribution in [-0.2, 0) is 4.79 Å². The molecule has 0 aromatic carbocycles. The van der Waals surface area contributed by atoms with Crippen LogP contribution in [0.25, 0.3) is 0 Å². The molecule has 3 nitrogen and oxygen atoms in total. The fourth-order valence-corrected chi connectivity index (χ4v) is 1.38. The Labute approximate surface area is 65.2 Å². The summed E-state index contributed by atoms with van der Waals surface area (Å²) in [6.45, 7) is 0. The van der Waals surface area contributed by atoms with Crippen molar-refractivity contribution in [2.75, 3.05) is 0 Å². The van der Waals surface area contributed by atoms with Crippen molar-refractivity contribution >= 4 is 5.91 Å². The fraction of sp³-hybridized carbons (Fsp3) is 0.375. The molecule has 2 aliphatic rings. The first-order chi connectivity index (χ1) is 5.36. The average Bonchev–Trinajstić information content (AvgIpc) is 2.04. The lowest BCUT2D eigenvalue weighted by atomic mass is 10.0. The minimum absolute atomic E-state index is 0.0567. The van der Waals surface area contributed by atoms with Crippen LogP contribution in [-0.4, -0.2) is 12.1 Å². The first-order valence-electron chi connectivity index (χ1n) is 3.77. The number of amides is 1. The van der Waals surface area contributed by atoms with Gasteiger partial charge in [-0.1, -0.05) is 6.08 Å². The monoisotopic (exact) mass is 150 g/mol. The predicted molar refractivity (Wildman–Crippen MR) is 41.5 cm³/mol. The highest BCUT2D eigenvalue weighted by molar-refractivity contribution is 5.78. The third-order valence-corrected chi connectivity index (χ3v) is 1.99. The maximum absolute atomic E-state index is 10.9. The maximum atomic E-state index is 10.9. The average molecular weight is 150 g/mol. The van der Waals surface area contributed by atoms with Crippen LogP contribution in [0.1, 0.15) is 12.8 Å². The molecule has 0 aromatic heterocycles. The van der Waals surface area contributed by atoms with E-state index >= 15 is 0 Å². The highest BCUT2D eigenvalue weighted by atomic mass is 16.1. The Morgan fingerprint density at radius 2 is 2.36 bits per heavy atom. The third kappa shape index (κ3) is 1.13. The molecule has 0 aliphatic carbocycles. The SMILES string of the molecule is O=C1CCC2=CC=CNC2N1. The maximum Gasteiger partial charge on any atom is 0.222 e. The molecule has 0 aromatic rings. The molecule has 0 saturated carbocycles. The van der Waals surface area contributed by atoms with Gasteiger partial charge in [-0.3, -0.25) is 4.79 Å². The van der Waals surface area contributed by atoms with Crippen molar-refractivity contribution < 1.29 is 4.79 Å². The van der Waals surface area contributed by atoms with Crippen molar-refractivity contribution in [3.05, 3.63) is 23.9 Å². The largest absolute Gasteiger partial charge is 0.368 e. The van der Waals surface area contributed by atoms with Gasteiger partial charge in [-0.25, -0.2) is 0 Å². The number of dihydropyridines is 1. The van der Waals surface area contributed by atoms with Crippen molar-refractivity contribution in [2.45, 2.75) is 19.0 Å². The van der Waals surface area contributed by atoms with Gasteiger partial charge in [0.2, 0.25) is 5.91 Å². The minimum atomic E-state index is 0.0567. The Hall–Kier alpha value is -1.25. The molecular formula is C8H10N2O. The lowest BCUT2D eigenvalue weighted by Gasteiger charge is -2.28. The molecule has 2 N–H and O–H groups in total. The number of allylic oxidation sites excluding steroid dienone is 2. The van der Waals surface area contributed by atoms with E-state index in [1.807, 2.05) is 12.3 Å². The van der Waals surface area contributed by atoms with Gasteiger partial charge in [-0.05, 0) is 24.3 Å². The summed E-state index contributed by atoms with van der Waals surface area (Å²) >= 11 is 0. The Balaban J connectivity index is 2.16. The van der Waals surface area contributed by atoms with Crippen LogP contribution >= 0.6 is 0 Å². The van der Waals surface area contributed by atoms with Gasteiger partial charge in [0.1, 0.15) is 6.17 Å². The lowest BCUT2D eigenvalue weighted by Crippen LogP contribution is -2.48. The predicted octanol–water partition coefficient (Wildman–Crippen LogP) is 0.266. The normalized spacial score (nSPS) is 28.2. The van der Waals surface area contributed by atoms with E-state index in [1.165, 1.54) is 5.57 Å². The summed E-state index contributed by atoms with van der Waals surface area (Å²) in [6, 6.07) is 0. The van der Waals surface area contributed by atoms with Crippen molar-refractivity contribution in [1.29, 1.82) is 0 Å². The highest BCUT2D eigenvalue weighted by Gasteiger charge is 2.22. The number of hydrogen-bond acceptors (Lipinski definition) is 2. The number of carbonyl (C=O) groups is 1. The van der Waals surface area contributed by atoms with Crippen LogP contribution in [0.2, 0.25) is 0 Å². The van der Waals surface area contributed by atoms with Crippen LogP contribution in [0.3, 0.4) is 0 Å². The van der Waals surface area contributed by atoms with E-state index in [1.54, 1.807) is 0 Å². The molecule has 1 unspecified atom stereocenters.